The largest absolute Gasteiger partial charge is 0.472 e. The fraction of sp³-hybridized carbons (Fsp3) is 0.261. The number of hydrogen-bond donors (Lipinski definition) is 2. The monoisotopic (exact) mass is 421 g/mol. The van der Waals surface area contributed by atoms with E-state index >= 15 is 0 Å². The minimum Gasteiger partial charge on any atom is -0.472 e. The maximum Gasteiger partial charge on any atom is 0.233 e. The molecule has 6 nitrogen and oxygen atoms in total. The third-order valence-corrected chi connectivity index (χ3v) is 5.70. The molecule has 0 bridgehead atoms. The maximum absolute atomic E-state index is 14.3. The minimum absolute atomic E-state index is 0.0184. The van der Waals surface area contributed by atoms with Gasteiger partial charge in [-0.15, -0.1) is 0 Å². The summed E-state index contributed by atoms with van der Waals surface area (Å²) in [5.74, 6) is -0.397. The molecule has 0 spiro atoms. The Bertz CT molecular complexity index is 1220. The lowest BCUT2D eigenvalue weighted by Crippen LogP contribution is -2.43. The number of nitrogens with zero attached hydrogens (tertiary/aromatic N) is 3. The summed E-state index contributed by atoms with van der Waals surface area (Å²) < 4.78 is 34.6. The highest BCUT2D eigenvalue weighted by Crippen LogP contribution is 2.32. The van der Waals surface area contributed by atoms with Crippen molar-refractivity contribution in [3.05, 3.63) is 60.4 Å². The van der Waals surface area contributed by atoms with E-state index in [4.69, 9.17) is 4.74 Å². The topological polar surface area (TPSA) is 75.7 Å². The number of aromatic nitrogens is 4. The number of piperidine rings is 1. The molecule has 2 atom stereocenters. The molecule has 5 rings (SSSR count). The lowest BCUT2D eigenvalue weighted by molar-refractivity contribution is 0.109. The average molecular weight is 421 g/mol. The lowest BCUT2D eigenvalue weighted by atomic mass is 9.97. The van der Waals surface area contributed by atoms with E-state index in [9.17, 15) is 8.78 Å². The Kier molecular flexibility index (Phi) is 5.07. The second-order valence-electron chi connectivity index (χ2n) is 7.80. The zero-order valence-electron chi connectivity index (χ0n) is 16.9. The van der Waals surface area contributed by atoms with Crippen LogP contribution in [-0.4, -0.2) is 39.4 Å². The van der Waals surface area contributed by atoms with E-state index in [1.807, 2.05) is 0 Å². The van der Waals surface area contributed by atoms with Crippen molar-refractivity contribution in [2.45, 2.75) is 19.4 Å². The van der Waals surface area contributed by atoms with Crippen molar-refractivity contribution in [2.24, 2.45) is 5.92 Å². The van der Waals surface area contributed by atoms with Crippen LogP contribution in [0.5, 0.6) is 5.88 Å². The van der Waals surface area contributed by atoms with Gasteiger partial charge in [-0.2, -0.15) is 5.10 Å². The van der Waals surface area contributed by atoms with Gasteiger partial charge in [0.1, 0.15) is 29.1 Å². The van der Waals surface area contributed by atoms with Gasteiger partial charge in [-0.1, -0.05) is 19.1 Å². The summed E-state index contributed by atoms with van der Waals surface area (Å²) in [7, 11) is 0. The summed E-state index contributed by atoms with van der Waals surface area (Å²) >= 11 is 0. The Morgan fingerprint density at radius 2 is 1.94 bits per heavy atom. The summed E-state index contributed by atoms with van der Waals surface area (Å²) in [4.78, 5) is 8.85. The van der Waals surface area contributed by atoms with Crippen LogP contribution in [0.25, 0.3) is 33.4 Å². The Labute approximate surface area is 177 Å². The standard InChI is InChI=1S/C23H21F2N5O/c1-13-7-8-26-11-20(13)31-21-12-27-10-19(28-21)23-15-9-14(5-6-18(15)29-30-23)22-16(24)3-2-4-17(22)25/h2-6,9-10,12-13,20,26H,7-8,11H2,1H3,(H,29,30)/t13-,20-/m1/s1. The normalized spacial score (nSPS) is 18.9. The van der Waals surface area contributed by atoms with Crippen LogP contribution in [0.1, 0.15) is 13.3 Å². The first-order valence-corrected chi connectivity index (χ1v) is 10.2. The lowest BCUT2D eigenvalue weighted by Gasteiger charge is -2.29. The van der Waals surface area contributed by atoms with E-state index < -0.39 is 11.6 Å². The van der Waals surface area contributed by atoms with Crippen molar-refractivity contribution in [1.82, 2.24) is 25.5 Å². The van der Waals surface area contributed by atoms with E-state index in [2.05, 4.69) is 32.4 Å². The molecule has 0 radical (unpaired) electrons. The molecule has 158 valence electrons. The van der Waals surface area contributed by atoms with Crippen molar-refractivity contribution in [3.63, 3.8) is 0 Å². The predicted molar refractivity (Wildman–Crippen MR) is 114 cm³/mol. The molecule has 3 heterocycles. The first-order valence-electron chi connectivity index (χ1n) is 10.2. The first kappa shape index (κ1) is 19.6. The number of fused-ring (bicyclic) bond motifs is 1. The molecular formula is C23H21F2N5O. The number of benzene rings is 2. The number of aromatic amines is 1. The zero-order chi connectivity index (χ0) is 21.4. The summed E-state index contributed by atoms with van der Waals surface area (Å²) in [5.41, 5.74) is 2.15. The first-order chi connectivity index (χ1) is 15.1. The van der Waals surface area contributed by atoms with Gasteiger partial charge in [-0.3, -0.25) is 10.1 Å². The molecule has 4 aromatic rings. The van der Waals surface area contributed by atoms with Gasteiger partial charge in [0.2, 0.25) is 5.88 Å². The number of nitrogens with one attached hydrogen (secondary N) is 2. The van der Waals surface area contributed by atoms with E-state index in [1.165, 1.54) is 18.2 Å². The van der Waals surface area contributed by atoms with Gasteiger partial charge in [0.25, 0.3) is 0 Å². The number of H-pyrrole nitrogens is 1. The molecule has 0 amide bonds. The highest BCUT2D eigenvalue weighted by Gasteiger charge is 2.23. The number of halogens is 2. The van der Waals surface area contributed by atoms with Gasteiger partial charge in [-0.05, 0) is 48.7 Å². The number of rotatable bonds is 4. The van der Waals surface area contributed by atoms with Crippen LogP contribution in [0.2, 0.25) is 0 Å². The van der Waals surface area contributed by atoms with Gasteiger partial charge in [0.15, 0.2) is 0 Å². The second kappa shape index (κ2) is 8.03. The molecule has 2 aromatic carbocycles. The average Bonchev–Trinajstić information content (AvgIpc) is 3.19. The van der Waals surface area contributed by atoms with Crippen LogP contribution in [0, 0.1) is 17.6 Å². The zero-order valence-corrected chi connectivity index (χ0v) is 16.9. The van der Waals surface area contributed by atoms with Crippen molar-refractivity contribution in [2.75, 3.05) is 13.1 Å². The predicted octanol–water partition coefficient (Wildman–Crippen LogP) is 4.34. The highest BCUT2D eigenvalue weighted by atomic mass is 19.1. The van der Waals surface area contributed by atoms with Crippen LogP contribution in [-0.2, 0) is 0 Å². The summed E-state index contributed by atoms with van der Waals surface area (Å²) in [5, 5.41) is 11.3. The van der Waals surface area contributed by atoms with Crippen LogP contribution < -0.4 is 10.1 Å². The maximum atomic E-state index is 14.3. The van der Waals surface area contributed by atoms with Gasteiger partial charge in [-0.25, -0.2) is 13.8 Å². The van der Waals surface area contributed by atoms with Crippen LogP contribution >= 0.6 is 0 Å². The Hall–Kier alpha value is -3.39. The highest BCUT2D eigenvalue weighted by molar-refractivity contribution is 5.94. The number of ether oxygens (including phenoxy) is 1. The Morgan fingerprint density at radius 3 is 2.74 bits per heavy atom. The van der Waals surface area contributed by atoms with Crippen LogP contribution in [0.4, 0.5) is 8.78 Å². The summed E-state index contributed by atoms with van der Waals surface area (Å²) in [6, 6.07) is 8.95. The van der Waals surface area contributed by atoms with Crippen molar-refractivity contribution in [1.29, 1.82) is 0 Å². The molecule has 1 fully saturated rings. The fourth-order valence-electron chi connectivity index (χ4n) is 3.93. The molecule has 1 aliphatic heterocycles. The van der Waals surface area contributed by atoms with Gasteiger partial charge >= 0.3 is 0 Å². The molecule has 2 N–H and O–H groups in total. The van der Waals surface area contributed by atoms with E-state index in [0.29, 0.717) is 34.1 Å². The van der Waals surface area contributed by atoms with E-state index in [1.54, 1.807) is 30.6 Å². The van der Waals surface area contributed by atoms with Gasteiger partial charge in [0, 0.05) is 11.9 Å². The smallest absolute Gasteiger partial charge is 0.233 e. The molecule has 0 saturated carbocycles. The Morgan fingerprint density at radius 1 is 1.10 bits per heavy atom. The molecule has 1 saturated heterocycles. The number of hydrogen-bond acceptors (Lipinski definition) is 5. The van der Waals surface area contributed by atoms with E-state index in [-0.39, 0.29) is 11.7 Å². The molecular weight excluding hydrogens is 400 g/mol. The molecule has 0 unspecified atom stereocenters. The quantitative estimate of drug-likeness (QED) is 0.513. The van der Waals surface area contributed by atoms with E-state index in [0.717, 1.165) is 25.0 Å². The fourth-order valence-corrected chi connectivity index (χ4v) is 3.93. The molecule has 2 aromatic heterocycles. The molecule has 1 aliphatic rings. The van der Waals surface area contributed by atoms with Crippen LogP contribution in [0.3, 0.4) is 0 Å². The van der Waals surface area contributed by atoms with Gasteiger partial charge in [0.05, 0.1) is 23.5 Å². The van der Waals surface area contributed by atoms with Gasteiger partial charge < -0.3 is 10.1 Å². The molecule has 8 heteroatoms. The SMILES string of the molecule is C[C@@H]1CCNC[C@H]1Oc1cncc(-c2n[nH]c3ccc(-c4c(F)cccc4F)cc23)n1. The van der Waals surface area contributed by atoms with Crippen molar-refractivity contribution in [3.8, 4) is 28.4 Å². The third-order valence-electron chi connectivity index (χ3n) is 5.70. The second-order valence-corrected chi connectivity index (χ2v) is 7.80. The summed E-state index contributed by atoms with van der Waals surface area (Å²) in [6.07, 6.45) is 4.24. The van der Waals surface area contributed by atoms with Crippen molar-refractivity contribution < 1.29 is 13.5 Å². The Balaban J connectivity index is 1.52. The van der Waals surface area contributed by atoms with Crippen molar-refractivity contribution >= 4 is 10.9 Å². The molecule has 31 heavy (non-hydrogen) atoms. The summed E-state index contributed by atoms with van der Waals surface area (Å²) in [6.45, 7) is 3.90. The van der Waals surface area contributed by atoms with Crippen LogP contribution in [0.15, 0.2) is 48.8 Å². The molecule has 0 aliphatic carbocycles. The third kappa shape index (κ3) is 3.74. The minimum atomic E-state index is -0.616.